The number of sulfonamides is 1. The van der Waals surface area contributed by atoms with Crippen LogP contribution in [0.2, 0.25) is 0 Å². The van der Waals surface area contributed by atoms with Crippen LogP contribution in [0.25, 0.3) is 22.3 Å². The molecule has 38 heavy (non-hydrogen) atoms. The Bertz CT molecular complexity index is 1640. The van der Waals surface area contributed by atoms with Crippen LogP contribution >= 0.6 is 0 Å². The molecular formula is C24H19F5N6O2S. The molecule has 1 saturated carbocycles. The van der Waals surface area contributed by atoms with Crippen LogP contribution in [0.4, 0.5) is 33.7 Å². The van der Waals surface area contributed by atoms with Gasteiger partial charge in [0, 0.05) is 12.1 Å². The zero-order chi connectivity index (χ0) is 27.3. The van der Waals surface area contributed by atoms with Gasteiger partial charge in [-0.05, 0) is 73.0 Å². The smallest absolute Gasteiger partial charge is 0.354 e. The van der Waals surface area contributed by atoms with Gasteiger partial charge in [-0.2, -0.15) is 18.2 Å². The molecule has 4 N–H and O–H groups in total. The average Bonchev–Trinajstić information content (AvgIpc) is 3.63. The Labute approximate surface area is 213 Å². The van der Waals surface area contributed by atoms with Crippen molar-refractivity contribution in [1.82, 2.24) is 15.0 Å². The second kappa shape index (κ2) is 9.13. The summed E-state index contributed by atoms with van der Waals surface area (Å²) < 4.78 is 91.7. The number of rotatable bonds is 7. The molecule has 4 aromatic rings. The first-order valence-corrected chi connectivity index (χ1v) is 12.7. The molecule has 0 aliphatic heterocycles. The number of primary sulfonamides is 1. The van der Waals surface area contributed by atoms with Gasteiger partial charge in [0.05, 0.1) is 16.1 Å². The van der Waals surface area contributed by atoms with Crippen molar-refractivity contribution in [2.45, 2.75) is 36.0 Å². The van der Waals surface area contributed by atoms with E-state index in [1.165, 1.54) is 30.3 Å². The summed E-state index contributed by atoms with van der Waals surface area (Å²) in [5, 5.41) is 10.3. The lowest BCUT2D eigenvalue weighted by atomic mass is 10.1. The molecule has 0 saturated heterocycles. The average molecular weight is 551 g/mol. The van der Waals surface area contributed by atoms with Crippen LogP contribution in [0.5, 0.6) is 0 Å². The molecule has 1 aliphatic carbocycles. The third-order valence-electron chi connectivity index (χ3n) is 6.04. The number of nitrogens with two attached hydrogens (primary N) is 1. The van der Waals surface area contributed by atoms with E-state index in [0.717, 1.165) is 18.2 Å². The summed E-state index contributed by atoms with van der Waals surface area (Å²) in [5.74, 6) is -1.57. The van der Waals surface area contributed by atoms with Crippen LogP contribution in [0.1, 0.15) is 18.4 Å². The number of hydrogen-bond acceptors (Lipinski definition) is 7. The lowest BCUT2D eigenvalue weighted by Gasteiger charge is -2.22. The highest BCUT2D eigenvalue weighted by atomic mass is 32.2. The molecule has 198 valence electrons. The normalized spacial score (nSPS) is 14.9. The van der Waals surface area contributed by atoms with Crippen molar-refractivity contribution in [3.05, 3.63) is 71.8 Å². The second-order valence-electron chi connectivity index (χ2n) is 8.87. The predicted octanol–water partition coefficient (Wildman–Crippen LogP) is 4.74. The van der Waals surface area contributed by atoms with Crippen LogP contribution < -0.4 is 15.8 Å². The quantitative estimate of drug-likeness (QED) is 0.284. The molecule has 2 aromatic heterocycles. The van der Waals surface area contributed by atoms with Gasteiger partial charge in [-0.1, -0.05) is 0 Å². The van der Waals surface area contributed by atoms with E-state index in [0.29, 0.717) is 11.3 Å². The first kappa shape index (κ1) is 25.7. The molecular weight excluding hydrogens is 531 g/mol. The topological polar surface area (TPSA) is 123 Å². The van der Waals surface area contributed by atoms with Gasteiger partial charge in [0.15, 0.2) is 5.82 Å². The monoisotopic (exact) mass is 550 g/mol. The number of nitrogens with one attached hydrogen (secondary N) is 2. The van der Waals surface area contributed by atoms with E-state index >= 15 is 0 Å². The third-order valence-corrected chi connectivity index (χ3v) is 6.94. The molecule has 0 unspecified atom stereocenters. The van der Waals surface area contributed by atoms with Crippen LogP contribution in [-0.2, 0) is 16.6 Å². The maximum absolute atomic E-state index is 13.9. The summed E-state index contributed by atoms with van der Waals surface area (Å²) in [7, 11) is -4.17. The number of fused-ring (bicyclic) bond motifs is 1. The zero-order valence-corrected chi connectivity index (χ0v) is 20.2. The highest BCUT2D eigenvalue weighted by Gasteiger charge is 2.64. The Hall–Kier alpha value is -3.91. The number of nitrogens with zero attached hydrogens (tertiary/aromatic N) is 3. The molecule has 8 nitrogen and oxygen atoms in total. The van der Waals surface area contributed by atoms with Gasteiger partial charge in [0.2, 0.25) is 16.0 Å². The standard InChI is InChI=1S/C24H19F5N6O2S/c25-15-3-1-14(2-4-15)18-5-6-19-20(32-18)21(35-23(7-8-23)24(27,28)29)34-22(33-19)31-12-13-9-16(26)11-17(10-13)38(30,36)37/h1-6,9-11H,7-8,12H2,(H2,30,36,37)(H2,31,33,34,35). The molecule has 2 heterocycles. The number of anilines is 2. The van der Waals surface area contributed by atoms with Crippen LogP contribution in [0.3, 0.4) is 0 Å². The second-order valence-corrected chi connectivity index (χ2v) is 10.4. The third kappa shape index (κ3) is 5.22. The number of alkyl halides is 3. The maximum atomic E-state index is 13.9. The number of halogens is 5. The predicted molar refractivity (Wildman–Crippen MR) is 129 cm³/mol. The fourth-order valence-corrected chi connectivity index (χ4v) is 4.45. The minimum absolute atomic E-state index is 0.0650. The molecule has 1 fully saturated rings. The van der Waals surface area contributed by atoms with Gasteiger partial charge < -0.3 is 10.6 Å². The Morgan fingerprint density at radius 1 is 0.921 bits per heavy atom. The Kier molecular flexibility index (Phi) is 6.18. The highest BCUT2D eigenvalue weighted by Crippen LogP contribution is 2.51. The van der Waals surface area contributed by atoms with Gasteiger partial charge in [-0.25, -0.2) is 32.3 Å². The zero-order valence-electron chi connectivity index (χ0n) is 19.4. The summed E-state index contributed by atoms with van der Waals surface area (Å²) in [5.41, 5.74) is -0.793. The highest BCUT2D eigenvalue weighted by molar-refractivity contribution is 7.89. The van der Waals surface area contributed by atoms with Crippen molar-refractivity contribution in [2.24, 2.45) is 5.14 Å². The molecule has 0 amide bonds. The van der Waals surface area contributed by atoms with Crippen LogP contribution in [0.15, 0.2) is 59.5 Å². The van der Waals surface area contributed by atoms with E-state index in [4.69, 9.17) is 5.14 Å². The molecule has 0 atom stereocenters. The summed E-state index contributed by atoms with van der Waals surface area (Å²) in [6.45, 7) is -0.156. The summed E-state index contributed by atoms with van der Waals surface area (Å²) in [6, 6.07) is 11.6. The van der Waals surface area contributed by atoms with E-state index in [-0.39, 0.29) is 47.7 Å². The Morgan fingerprint density at radius 3 is 2.26 bits per heavy atom. The van der Waals surface area contributed by atoms with Gasteiger partial charge in [0.1, 0.15) is 22.7 Å². The Balaban J connectivity index is 1.53. The van der Waals surface area contributed by atoms with E-state index in [9.17, 15) is 30.4 Å². The van der Waals surface area contributed by atoms with Gasteiger partial charge in [-0.3, -0.25) is 0 Å². The SMILES string of the molecule is NS(=O)(=O)c1cc(F)cc(CNc2nc(NC3(C(F)(F)F)CC3)c3nc(-c4ccc(F)cc4)ccc3n2)c1. The minimum atomic E-state index is -4.54. The largest absolute Gasteiger partial charge is 0.411 e. The van der Waals surface area contributed by atoms with E-state index in [1.54, 1.807) is 6.07 Å². The summed E-state index contributed by atoms with van der Waals surface area (Å²) in [4.78, 5) is 12.5. The Morgan fingerprint density at radius 2 is 1.63 bits per heavy atom. The van der Waals surface area contributed by atoms with Crippen molar-refractivity contribution >= 4 is 32.8 Å². The van der Waals surface area contributed by atoms with Gasteiger partial charge >= 0.3 is 6.18 Å². The number of benzene rings is 2. The molecule has 14 heteroatoms. The lowest BCUT2D eigenvalue weighted by molar-refractivity contribution is -0.151. The maximum Gasteiger partial charge on any atom is 0.411 e. The molecule has 1 aliphatic rings. The van der Waals surface area contributed by atoms with E-state index in [1.807, 2.05) is 0 Å². The van der Waals surface area contributed by atoms with Crippen LogP contribution in [0, 0.1) is 11.6 Å². The summed E-state index contributed by atoms with van der Waals surface area (Å²) in [6.07, 6.45) is -4.85. The van der Waals surface area contributed by atoms with Crippen molar-refractivity contribution < 1.29 is 30.4 Å². The minimum Gasteiger partial charge on any atom is -0.354 e. The fourth-order valence-electron chi connectivity index (χ4n) is 3.86. The van der Waals surface area contributed by atoms with E-state index in [2.05, 4.69) is 25.6 Å². The number of pyridine rings is 1. The van der Waals surface area contributed by atoms with E-state index < -0.39 is 38.3 Å². The molecule has 5 rings (SSSR count). The molecule has 0 spiro atoms. The summed E-state index contributed by atoms with van der Waals surface area (Å²) >= 11 is 0. The number of hydrogen-bond donors (Lipinski definition) is 3. The van der Waals surface area contributed by atoms with Crippen molar-refractivity contribution in [3.8, 4) is 11.3 Å². The van der Waals surface area contributed by atoms with Gasteiger partial charge in [0.25, 0.3) is 0 Å². The van der Waals surface area contributed by atoms with Crippen molar-refractivity contribution in [3.63, 3.8) is 0 Å². The molecule has 0 bridgehead atoms. The first-order valence-electron chi connectivity index (χ1n) is 11.2. The molecule has 2 aromatic carbocycles. The fraction of sp³-hybridized carbons (Fsp3) is 0.208. The first-order chi connectivity index (χ1) is 17.8. The van der Waals surface area contributed by atoms with Crippen molar-refractivity contribution in [1.29, 1.82) is 0 Å². The molecule has 0 radical (unpaired) electrons. The number of aromatic nitrogens is 3. The van der Waals surface area contributed by atoms with Crippen LogP contribution in [-0.4, -0.2) is 35.1 Å². The van der Waals surface area contributed by atoms with Gasteiger partial charge in [-0.15, -0.1) is 0 Å². The lowest BCUT2D eigenvalue weighted by Crippen LogP contribution is -2.39. The van der Waals surface area contributed by atoms with Crippen molar-refractivity contribution in [2.75, 3.05) is 10.6 Å².